The van der Waals surface area contributed by atoms with Crippen molar-refractivity contribution >= 4 is 52.6 Å². The highest BCUT2D eigenvalue weighted by atomic mass is 35.5. The zero-order chi connectivity index (χ0) is 30.4. The van der Waals surface area contributed by atoms with Gasteiger partial charge in [0.1, 0.15) is 5.75 Å². The molecule has 0 radical (unpaired) electrons. The number of hydrogen-bond acceptors (Lipinski definition) is 7. The van der Waals surface area contributed by atoms with E-state index in [0.29, 0.717) is 10.7 Å². The van der Waals surface area contributed by atoms with Gasteiger partial charge in [-0.2, -0.15) is 0 Å². The normalized spacial score (nSPS) is 12.5. The minimum atomic E-state index is -0.675. The van der Waals surface area contributed by atoms with Crippen LogP contribution in [0.3, 0.4) is 0 Å². The quantitative estimate of drug-likeness (QED) is 0.418. The van der Waals surface area contributed by atoms with Crippen molar-refractivity contribution in [2.45, 2.75) is 0 Å². The molecular formula is C27H29ClN6O7. The Hall–Kier alpha value is -5.04. The molecule has 0 aromatic heterocycles. The summed E-state index contributed by atoms with van der Waals surface area (Å²) in [5.74, 6) is -1.11. The number of carbonyl (C=O) groups excluding carboxylic acids is 5. The molecule has 2 aromatic carbocycles. The van der Waals surface area contributed by atoms with Crippen LogP contribution in [-0.2, 0) is 9.59 Å². The van der Waals surface area contributed by atoms with E-state index >= 15 is 0 Å². The van der Waals surface area contributed by atoms with Crippen LogP contribution in [0.4, 0.5) is 25.8 Å². The van der Waals surface area contributed by atoms with Gasteiger partial charge in [0.05, 0.1) is 17.1 Å². The second-order valence-electron chi connectivity index (χ2n) is 9.27. The number of carbonyl (C=O) groups is 5. The van der Waals surface area contributed by atoms with Crippen LogP contribution in [0, 0.1) is 0 Å². The monoisotopic (exact) mass is 584 g/mol. The molecule has 3 N–H and O–H groups in total. The first-order chi connectivity index (χ1) is 19.2. The van der Waals surface area contributed by atoms with E-state index in [9.17, 15) is 24.0 Å². The van der Waals surface area contributed by atoms with Gasteiger partial charge in [0, 0.05) is 65.5 Å². The minimum Gasteiger partial charge on any atom is -0.455 e. The third kappa shape index (κ3) is 7.99. The predicted molar refractivity (Wildman–Crippen MR) is 152 cm³/mol. The number of nitrogens with zero attached hydrogens (tertiary/aromatic N) is 3. The molecule has 0 saturated heterocycles. The van der Waals surface area contributed by atoms with Crippen LogP contribution in [0.15, 0.2) is 60.0 Å². The van der Waals surface area contributed by atoms with E-state index in [0.717, 1.165) is 12.2 Å². The first-order valence-electron chi connectivity index (χ1n) is 12.0. The SMILES string of the molecule is CN(C)C(=O)NC1=CC(=O)C(Oc2ccc(Oc3ccc(Cl)cc3NC(=O)N(C)C)cc2NC(=O)N(C)C)=CC1=O. The first kappa shape index (κ1) is 30.5. The van der Waals surface area contributed by atoms with Gasteiger partial charge in [-0.3, -0.25) is 9.59 Å². The number of anilines is 2. The maximum Gasteiger partial charge on any atom is 0.321 e. The number of ketones is 2. The lowest BCUT2D eigenvalue weighted by Crippen LogP contribution is -2.37. The number of ether oxygens (including phenoxy) is 2. The standard InChI is InChI=1S/C27H29ClN6O7/c1-32(2)25(37)29-17-13-21(36)24(14-20(17)35)41-23-10-8-16(12-19(23)31-27(39)34(5)6)40-22-9-7-15(28)11-18(22)30-26(38)33(3)4/h7-14H,1-6H3,(H,29,37)(H,30,38)(H,31,39). The van der Waals surface area contributed by atoms with Crippen LogP contribution < -0.4 is 25.4 Å². The molecule has 0 spiro atoms. The average molecular weight is 585 g/mol. The van der Waals surface area contributed by atoms with E-state index in [1.807, 2.05) is 0 Å². The Morgan fingerprint density at radius 1 is 0.659 bits per heavy atom. The van der Waals surface area contributed by atoms with E-state index in [-0.39, 0.29) is 34.4 Å². The van der Waals surface area contributed by atoms with Gasteiger partial charge >= 0.3 is 18.1 Å². The highest BCUT2D eigenvalue weighted by Gasteiger charge is 2.25. The molecule has 1 aliphatic carbocycles. The summed E-state index contributed by atoms with van der Waals surface area (Å²) in [6.07, 6.45) is 1.90. The fourth-order valence-corrected chi connectivity index (χ4v) is 3.27. The largest absolute Gasteiger partial charge is 0.455 e. The predicted octanol–water partition coefficient (Wildman–Crippen LogP) is 3.89. The van der Waals surface area contributed by atoms with Crippen molar-refractivity contribution < 1.29 is 33.4 Å². The first-order valence-corrected chi connectivity index (χ1v) is 12.4. The summed E-state index contributed by atoms with van der Waals surface area (Å²) in [6, 6.07) is 7.54. The molecule has 216 valence electrons. The molecule has 0 heterocycles. The number of allylic oxidation sites excluding steroid dienone is 2. The molecule has 13 nitrogen and oxygen atoms in total. The van der Waals surface area contributed by atoms with E-state index in [1.54, 1.807) is 26.2 Å². The van der Waals surface area contributed by atoms with Crippen LogP contribution in [0.2, 0.25) is 5.02 Å². The lowest BCUT2D eigenvalue weighted by molar-refractivity contribution is -0.116. The number of hydrogen-bond donors (Lipinski definition) is 3. The zero-order valence-electron chi connectivity index (χ0n) is 23.2. The fraction of sp³-hybridized carbons (Fsp3) is 0.222. The summed E-state index contributed by atoms with van der Waals surface area (Å²) in [6.45, 7) is 0. The van der Waals surface area contributed by atoms with Crippen LogP contribution in [0.1, 0.15) is 0 Å². The van der Waals surface area contributed by atoms with Crippen molar-refractivity contribution in [1.82, 2.24) is 20.0 Å². The average Bonchev–Trinajstić information content (AvgIpc) is 2.89. The zero-order valence-corrected chi connectivity index (χ0v) is 24.0. The molecule has 2 aromatic rings. The molecule has 0 fully saturated rings. The van der Waals surface area contributed by atoms with Gasteiger partial charge in [-0.05, 0) is 30.3 Å². The van der Waals surface area contributed by atoms with Gasteiger partial charge in [0.2, 0.25) is 11.6 Å². The fourth-order valence-electron chi connectivity index (χ4n) is 3.09. The van der Waals surface area contributed by atoms with Crippen LogP contribution in [0.25, 0.3) is 0 Å². The number of nitrogens with one attached hydrogen (secondary N) is 3. The topological polar surface area (TPSA) is 150 Å². The molecule has 41 heavy (non-hydrogen) atoms. The van der Waals surface area contributed by atoms with Gasteiger partial charge < -0.3 is 40.1 Å². The number of amides is 6. The van der Waals surface area contributed by atoms with E-state index < -0.39 is 29.7 Å². The summed E-state index contributed by atoms with van der Waals surface area (Å²) in [5.41, 5.74) is 0.216. The third-order valence-electron chi connectivity index (χ3n) is 5.33. The van der Waals surface area contributed by atoms with Crippen LogP contribution >= 0.6 is 11.6 Å². The van der Waals surface area contributed by atoms with Crippen LogP contribution in [0.5, 0.6) is 17.2 Å². The molecule has 0 atom stereocenters. The number of urea groups is 3. The van der Waals surface area contributed by atoms with Crippen molar-refractivity contribution in [2.75, 3.05) is 52.9 Å². The molecular weight excluding hydrogens is 556 g/mol. The smallest absolute Gasteiger partial charge is 0.321 e. The van der Waals surface area contributed by atoms with Crippen molar-refractivity contribution in [2.24, 2.45) is 0 Å². The van der Waals surface area contributed by atoms with Gasteiger partial charge in [-0.25, -0.2) is 14.4 Å². The summed E-state index contributed by atoms with van der Waals surface area (Å²) in [4.78, 5) is 65.7. The molecule has 0 saturated carbocycles. The molecule has 6 amide bonds. The molecule has 0 aliphatic heterocycles. The lowest BCUT2D eigenvalue weighted by Gasteiger charge is -2.20. The third-order valence-corrected chi connectivity index (χ3v) is 5.56. The molecule has 14 heteroatoms. The minimum absolute atomic E-state index is 0.0337. The Balaban J connectivity index is 1.91. The summed E-state index contributed by atoms with van der Waals surface area (Å²) < 4.78 is 11.7. The van der Waals surface area contributed by atoms with Crippen molar-refractivity contribution in [1.29, 1.82) is 0 Å². The van der Waals surface area contributed by atoms with Gasteiger partial charge in [0.15, 0.2) is 17.3 Å². The van der Waals surface area contributed by atoms with Gasteiger partial charge in [-0.1, -0.05) is 11.6 Å². The maximum atomic E-state index is 12.7. The van der Waals surface area contributed by atoms with Gasteiger partial charge in [-0.15, -0.1) is 0 Å². The lowest BCUT2D eigenvalue weighted by atomic mass is 10.1. The number of rotatable bonds is 7. The summed E-state index contributed by atoms with van der Waals surface area (Å²) in [7, 11) is 9.19. The Kier molecular flexibility index (Phi) is 9.58. The van der Waals surface area contributed by atoms with E-state index in [1.165, 1.54) is 67.2 Å². The molecule has 1 aliphatic rings. The molecule has 0 bridgehead atoms. The molecule has 0 unspecified atom stereocenters. The van der Waals surface area contributed by atoms with E-state index in [2.05, 4.69) is 16.0 Å². The van der Waals surface area contributed by atoms with Gasteiger partial charge in [0.25, 0.3) is 0 Å². The Labute approximate surface area is 241 Å². The highest BCUT2D eigenvalue weighted by molar-refractivity contribution is 6.31. The summed E-state index contributed by atoms with van der Waals surface area (Å²) in [5, 5.41) is 8.07. The number of halogens is 1. The second kappa shape index (κ2) is 12.9. The second-order valence-corrected chi connectivity index (χ2v) is 9.71. The number of benzene rings is 2. The van der Waals surface area contributed by atoms with Crippen molar-refractivity contribution in [3.05, 3.63) is 65.0 Å². The Bertz CT molecular complexity index is 1470. The van der Waals surface area contributed by atoms with Crippen molar-refractivity contribution in [3.63, 3.8) is 0 Å². The highest BCUT2D eigenvalue weighted by Crippen LogP contribution is 2.37. The summed E-state index contributed by atoms with van der Waals surface area (Å²) >= 11 is 6.11. The Morgan fingerprint density at radius 3 is 1.76 bits per heavy atom. The van der Waals surface area contributed by atoms with E-state index in [4.69, 9.17) is 21.1 Å². The molecule has 3 rings (SSSR count). The Morgan fingerprint density at radius 2 is 1.17 bits per heavy atom. The van der Waals surface area contributed by atoms with Crippen molar-refractivity contribution in [3.8, 4) is 17.2 Å². The maximum absolute atomic E-state index is 12.7. The van der Waals surface area contributed by atoms with Crippen LogP contribution in [-0.4, -0.2) is 86.6 Å².